The standard InChI is InChI=1S/C32H36FN3O5/c1-17-10-21(33)11-18(2)29(17)41-24-13-19(12-20(14-24)32(3,4)40)26-16-35(5)31(39)28-25(26)15-27(30(34)38)36(28)22-6-8-23(37)9-7-22/h10-16,22-23,37,40H,6-9H2,1-5H3,(H2,34,38). The molecule has 1 saturated carbocycles. The third-order valence-corrected chi connectivity index (χ3v) is 8.03. The van der Waals surface area contributed by atoms with Gasteiger partial charge >= 0.3 is 0 Å². The van der Waals surface area contributed by atoms with Gasteiger partial charge in [0.2, 0.25) is 0 Å². The van der Waals surface area contributed by atoms with Crippen LogP contribution in [0.25, 0.3) is 22.0 Å². The number of benzene rings is 2. The summed E-state index contributed by atoms with van der Waals surface area (Å²) in [5.41, 5.74) is 8.06. The molecule has 1 aliphatic rings. The average molecular weight is 562 g/mol. The minimum Gasteiger partial charge on any atom is -0.457 e. The number of ether oxygens (including phenoxy) is 1. The summed E-state index contributed by atoms with van der Waals surface area (Å²) in [6.07, 6.45) is 3.66. The first-order valence-corrected chi connectivity index (χ1v) is 13.8. The van der Waals surface area contributed by atoms with Gasteiger partial charge in [-0.05, 0) is 112 Å². The van der Waals surface area contributed by atoms with E-state index in [9.17, 15) is 24.2 Å². The van der Waals surface area contributed by atoms with Crippen molar-refractivity contribution >= 4 is 16.8 Å². The summed E-state index contributed by atoms with van der Waals surface area (Å²) >= 11 is 0. The fourth-order valence-corrected chi connectivity index (χ4v) is 5.90. The van der Waals surface area contributed by atoms with E-state index >= 15 is 0 Å². The number of primary amides is 1. The van der Waals surface area contributed by atoms with Crippen molar-refractivity contribution in [1.29, 1.82) is 0 Å². The Morgan fingerprint density at radius 3 is 2.27 bits per heavy atom. The minimum absolute atomic E-state index is 0.160. The second kappa shape index (κ2) is 10.5. The zero-order valence-corrected chi connectivity index (χ0v) is 24.0. The number of halogens is 1. The summed E-state index contributed by atoms with van der Waals surface area (Å²) in [6.45, 7) is 6.86. The maximum atomic E-state index is 14.0. The quantitative estimate of drug-likeness (QED) is 0.293. The van der Waals surface area contributed by atoms with E-state index in [1.54, 1.807) is 63.7 Å². The lowest BCUT2D eigenvalue weighted by atomic mass is 9.92. The van der Waals surface area contributed by atoms with E-state index in [4.69, 9.17) is 10.5 Å². The van der Waals surface area contributed by atoms with Crippen molar-refractivity contribution < 1.29 is 24.1 Å². The van der Waals surface area contributed by atoms with Crippen LogP contribution >= 0.6 is 0 Å². The van der Waals surface area contributed by atoms with Crippen molar-refractivity contribution in [2.24, 2.45) is 12.8 Å². The molecule has 5 rings (SSSR count). The Hall–Kier alpha value is -3.95. The zero-order chi connectivity index (χ0) is 29.8. The summed E-state index contributed by atoms with van der Waals surface area (Å²) in [6, 6.07) is 9.66. The van der Waals surface area contributed by atoms with E-state index in [1.807, 2.05) is 6.07 Å². The van der Waals surface area contributed by atoms with Crippen LogP contribution in [0.15, 0.2) is 47.4 Å². The van der Waals surface area contributed by atoms with Gasteiger partial charge in [0, 0.05) is 30.2 Å². The number of nitrogens with zero attached hydrogens (tertiary/aromatic N) is 2. The second-order valence-corrected chi connectivity index (χ2v) is 11.7. The predicted octanol–water partition coefficient (Wildman–Crippen LogP) is 5.36. The number of nitrogens with two attached hydrogens (primary N) is 1. The molecule has 216 valence electrons. The third kappa shape index (κ3) is 5.39. The van der Waals surface area contributed by atoms with Gasteiger partial charge in [0.05, 0.1) is 11.7 Å². The highest BCUT2D eigenvalue weighted by Crippen LogP contribution is 2.40. The number of aliphatic hydroxyl groups is 2. The van der Waals surface area contributed by atoms with Gasteiger partial charge in [-0.3, -0.25) is 9.59 Å². The average Bonchev–Trinajstić information content (AvgIpc) is 3.29. The van der Waals surface area contributed by atoms with Crippen molar-refractivity contribution in [2.45, 2.75) is 71.1 Å². The molecule has 0 aliphatic heterocycles. The SMILES string of the molecule is Cc1cc(F)cc(C)c1Oc1cc(-c2cn(C)c(=O)c3c2cc(C(N)=O)n3C2CCC(O)CC2)cc(C(C)(C)O)c1. The van der Waals surface area contributed by atoms with E-state index in [0.29, 0.717) is 75.9 Å². The number of carbonyl (C=O) groups is 1. The van der Waals surface area contributed by atoms with Gasteiger partial charge in [-0.2, -0.15) is 0 Å². The Morgan fingerprint density at radius 2 is 1.68 bits per heavy atom. The first-order valence-electron chi connectivity index (χ1n) is 13.8. The van der Waals surface area contributed by atoms with Crippen LogP contribution in [0.4, 0.5) is 4.39 Å². The van der Waals surface area contributed by atoms with Crippen molar-refractivity contribution in [2.75, 3.05) is 0 Å². The van der Waals surface area contributed by atoms with Crippen LogP contribution in [0.2, 0.25) is 0 Å². The second-order valence-electron chi connectivity index (χ2n) is 11.7. The van der Waals surface area contributed by atoms with Crippen molar-refractivity contribution in [3.05, 3.63) is 81.2 Å². The zero-order valence-electron chi connectivity index (χ0n) is 24.0. The van der Waals surface area contributed by atoms with Gasteiger partial charge in [-0.1, -0.05) is 0 Å². The maximum absolute atomic E-state index is 14.0. The molecule has 4 aromatic rings. The molecule has 0 spiro atoms. The lowest BCUT2D eigenvalue weighted by molar-refractivity contribution is 0.0784. The van der Waals surface area contributed by atoms with E-state index in [1.165, 1.54) is 16.7 Å². The molecule has 0 radical (unpaired) electrons. The molecule has 9 heteroatoms. The Balaban J connectivity index is 1.75. The number of hydrogen-bond acceptors (Lipinski definition) is 5. The van der Waals surface area contributed by atoms with Gasteiger partial charge in [-0.15, -0.1) is 0 Å². The highest BCUT2D eigenvalue weighted by molar-refractivity contribution is 6.03. The highest BCUT2D eigenvalue weighted by Gasteiger charge is 2.29. The van der Waals surface area contributed by atoms with E-state index < -0.39 is 17.6 Å². The monoisotopic (exact) mass is 561 g/mol. The first-order chi connectivity index (χ1) is 19.2. The van der Waals surface area contributed by atoms with Crippen LogP contribution in [0.1, 0.15) is 72.8 Å². The predicted molar refractivity (Wildman–Crippen MR) is 156 cm³/mol. The molecule has 4 N–H and O–H groups in total. The lowest BCUT2D eigenvalue weighted by Gasteiger charge is -2.28. The molecular weight excluding hydrogens is 525 g/mol. The number of hydrogen-bond donors (Lipinski definition) is 3. The number of aromatic nitrogens is 2. The summed E-state index contributed by atoms with van der Waals surface area (Å²) in [5.74, 6) is -0.0576. The van der Waals surface area contributed by atoms with Gasteiger partial charge < -0.3 is 29.8 Å². The molecule has 2 heterocycles. The molecule has 1 aliphatic carbocycles. The number of pyridine rings is 1. The summed E-state index contributed by atoms with van der Waals surface area (Å²) in [4.78, 5) is 26.2. The van der Waals surface area contributed by atoms with Gasteiger partial charge in [0.25, 0.3) is 11.5 Å². The van der Waals surface area contributed by atoms with Crippen molar-refractivity contribution in [3.8, 4) is 22.6 Å². The lowest BCUT2D eigenvalue weighted by Crippen LogP contribution is -2.28. The normalized spacial score (nSPS) is 17.7. The third-order valence-electron chi connectivity index (χ3n) is 8.03. The van der Waals surface area contributed by atoms with Crippen molar-refractivity contribution in [1.82, 2.24) is 9.13 Å². The molecule has 2 aromatic carbocycles. The number of fused-ring (bicyclic) bond motifs is 1. The van der Waals surface area contributed by atoms with Gasteiger partial charge in [0.15, 0.2) is 0 Å². The van der Waals surface area contributed by atoms with Crippen LogP contribution in [0.5, 0.6) is 11.5 Å². The molecule has 0 atom stereocenters. The fraction of sp³-hybridized carbons (Fsp3) is 0.375. The van der Waals surface area contributed by atoms with E-state index in [-0.39, 0.29) is 23.1 Å². The van der Waals surface area contributed by atoms with Crippen LogP contribution in [0.3, 0.4) is 0 Å². The molecule has 41 heavy (non-hydrogen) atoms. The van der Waals surface area contributed by atoms with Crippen LogP contribution < -0.4 is 16.0 Å². The summed E-state index contributed by atoms with van der Waals surface area (Å²) in [5, 5.41) is 21.6. The smallest absolute Gasteiger partial charge is 0.274 e. The molecule has 0 bridgehead atoms. The highest BCUT2D eigenvalue weighted by atomic mass is 19.1. The number of rotatable bonds is 6. The topological polar surface area (TPSA) is 120 Å². The molecule has 0 unspecified atom stereocenters. The van der Waals surface area contributed by atoms with E-state index in [0.717, 1.165) is 0 Å². The van der Waals surface area contributed by atoms with Crippen LogP contribution in [-0.2, 0) is 12.6 Å². The Morgan fingerprint density at radius 1 is 1.05 bits per heavy atom. The Kier molecular flexibility index (Phi) is 7.29. The van der Waals surface area contributed by atoms with E-state index in [2.05, 4.69) is 0 Å². The number of aryl methyl sites for hydroxylation is 3. The molecule has 2 aromatic heterocycles. The summed E-state index contributed by atoms with van der Waals surface area (Å²) in [7, 11) is 1.65. The number of carbonyl (C=O) groups excluding carboxylic acids is 1. The molecular formula is C32H36FN3O5. The number of aliphatic hydroxyl groups excluding tert-OH is 1. The minimum atomic E-state index is -1.23. The molecule has 1 fully saturated rings. The van der Waals surface area contributed by atoms with Gasteiger partial charge in [0.1, 0.15) is 28.5 Å². The molecule has 0 saturated heterocycles. The number of amides is 1. The van der Waals surface area contributed by atoms with Crippen molar-refractivity contribution in [3.63, 3.8) is 0 Å². The molecule has 8 nitrogen and oxygen atoms in total. The van der Waals surface area contributed by atoms with Gasteiger partial charge in [-0.25, -0.2) is 4.39 Å². The summed E-state index contributed by atoms with van der Waals surface area (Å²) < 4.78 is 23.5. The molecule has 1 amide bonds. The fourth-order valence-electron chi connectivity index (χ4n) is 5.90. The largest absolute Gasteiger partial charge is 0.457 e. The van der Waals surface area contributed by atoms with Crippen LogP contribution in [-0.4, -0.2) is 31.4 Å². The Labute approximate surface area is 237 Å². The van der Waals surface area contributed by atoms with Crippen LogP contribution in [0, 0.1) is 19.7 Å². The Bertz CT molecular complexity index is 1700. The first kappa shape index (κ1) is 28.6. The maximum Gasteiger partial charge on any atom is 0.274 e.